The SMILES string of the molecule is COc1cc(C(=O)Oc2ccc3c(c2C)O[C@]2(C[C@@H]3c3ccccc3Cl)CC(C)(C)NC(=S)N2)cc(OC)c1OC. The summed E-state index contributed by atoms with van der Waals surface area (Å²) in [5.41, 5.74) is 1.77. The van der Waals surface area contributed by atoms with Crippen molar-refractivity contribution in [1.29, 1.82) is 0 Å². The van der Waals surface area contributed by atoms with Crippen molar-refractivity contribution in [3.8, 4) is 28.7 Å². The summed E-state index contributed by atoms with van der Waals surface area (Å²) in [6, 6.07) is 14.7. The molecule has 0 aromatic heterocycles. The highest BCUT2D eigenvalue weighted by atomic mass is 35.5. The van der Waals surface area contributed by atoms with E-state index in [4.69, 9.17) is 47.5 Å². The van der Waals surface area contributed by atoms with E-state index < -0.39 is 11.7 Å². The Kier molecular flexibility index (Phi) is 7.70. The van der Waals surface area contributed by atoms with Crippen molar-refractivity contribution in [2.24, 2.45) is 0 Å². The van der Waals surface area contributed by atoms with Crippen LogP contribution in [-0.4, -0.2) is 43.7 Å². The summed E-state index contributed by atoms with van der Waals surface area (Å²) >= 11 is 12.3. The maximum Gasteiger partial charge on any atom is 0.343 e. The minimum absolute atomic E-state index is 0.0878. The molecule has 2 heterocycles. The van der Waals surface area contributed by atoms with Gasteiger partial charge in [0.15, 0.2) is 22.3 Å². The Morgan fingerprint density at radius 3 is 2.27 bits per heavy atom. The van der Waals surface area contributed by atoms with Crippen LogP contribution in [0.5, 0.6) is 28.7 Å². The van der Waals surface area contributed by atoms with Crippen LogP contribution in [0.25, 0.3) is 0 Å². The van der Waals surface area contributed by atoms with E-state index in [-0.39, 0.29) is 17.0 Å². The quantitative estimate of drug-likeness (QED) is 0.198. The lowest BCUT2D eigenvalue weighted by Gasteiger charge is -2.51. The minimum atomic E-state index is -0.799. The molecule has 0 bridgehead atoms. The number of fused-ring (bicyclic) bond motifs is 1. The van der Waals surface area contributed by atoms with Crippen molar-refractivity contribution in [2.75, 3.05) is 21.3 Å². The standard InChI is InChI=1S/C31H33ClN2O6S/c1-17-23(39-28(35)18-13-24(36-4)27(38-6)25(14-18)37-5)12-11-20-21(19-9-7-8-10-22(19)32)15-31(40-26(17)20)16-30(2,3)33-29(41)34-31/h7-14,21H,15-16H2,1-6H3,(H2,33,34,41)/t21-,31-/m1/s1. The smallest absolute Gasteiger partial charge is 0.343 e. The fourth-order valence-corrected chi connectivity index (χ4v) is 6.55. The van der Waals surface area contributed by atoms with Crippen LogP contribution >= 0.6 is 23.8 Å². The lowest BCUT2D eigenvalue weighted by Crippen LogP contribution is -2.69. The number of nitrogens with one attached hydrogen (secondary N) is 2. The van der Waals surface area contributed by atoms with E-state index in [1.54, 1.807) is 18.2 Å². The van der Waals surface area contributed by atoms with Crippen molar-refractivity contribution in [2.45, 2.75) is 50.8 Å². The fraction of sp³-hybridized carbons (Fsp3) is 0.355. The average Bonchev–Trinajstić information content (AvgIpc) is 2.92. The van der Waals surface area contributed by atoms with Gasteiger partial charge in [0.05, 0.1) is 26.9 Å². The van der Waals surface area contributed by atoms with Crippen LogP contribution in [0.15, 0.2) is 48.5 Å². The van der Waals surface area contributed by atoms with Gasteiger partial charge >= 0.3 is 5.97 Å². The number of esters is 1. The second-order valence-electron chi connectivity index (χ2n) is 10.9. The molecule has 2 atom stereocenters. The van der Waals surface area contributed by atoms with Gasteiger partial charge in [-0.25, -0.2) is 4.79 Å². The van der Waals surface area contributed by atoms with Crippen molar-refractivity contribution in [3.63, 3.8) is 0 Å². The van der Waals surface area contributed by atoms with Crippen LogP contribution in [0.1, 0.15) is 59.7 Å². The predicted molar refractivity (Wildman–Crippen MR) is 161 cm³/mol. The molecule has 5 rings (SSSR count). The molecule has 0 amide bonds. The van der Waals surface area contributed by atoms with E-state index in [9.17, 15) is 4.79 Å². The molecule has 1 saturated heterocycles. The van der Waals surface area contributed by atoms with E-state index in [0.717, 1.165) is 11.1 Å². The third-order valence-electron chi connectivity index (χ3n) is 7.50. The Hall–Kier alpha value is -3.69. The van der Waals surface area contributed by atoms with Crippen LogP contribution in [0.2, 0.25) is 5.02 Å². The number of carbonyl (C=O) groups excluding carboxylic acids is 1. The largest absolute Gasteiger partial charge is 0.493 e. The Morgan fingerprint density at radius 1 is 0.976 bits per heavy atom. The Morgan fingerprint density at radius 2 is 1.66 bits per heavy atom. The molecule has 0 aliphatic carbocycles. The molecule has 1 spiro atoms. The first-order valence-corrected chi connectivity index (χ1v) is 14.0. The van der Waals surface area contributed by atoms with Crippen LogP contribution in [0, 0.1) is 6.92 Å². The summed E-state index contributed by atoms with van der Waals surface area (Å²) in [5, 5.41) is 7.93. The number of thiocarbonyl (C=S) groups is 1. The van der Waals surface area contributed by atoms with Gasteiger partial charge in [0.25, 0.3) is 0 Å². The number of ether oxygens (including phenoxy) is 5. The van der Waals surface area contributed by atoms with Crippen LogP contribution < -0.4 is 34.3 Å². The Bertz CT molecular complexity index is 1500. The average molecular weight is 597 g/mol. The molecular weight excluding hydrogens is 564 g/mol. The lowest BCUT2D eigenvalue weighted by atomic mass is 9.76. The Balaban J connectivity index is 1.56. The van der Waals surface area contributed by atoms with Gasteiger partial charge in [-0.15, -0.1) is 0 Å². The summed E-state index contributed by atoms with van der Waals surface area (Å²) in [6.45, 7) is 6.06. The maximum absolute atomic E-state index is 13.4. The molecule has 3 aromatic carbocycles. The molecule has 0 radical (unpaired) electrons. The molecule has 1 fully saturated rings. The first kappa shape index (κ1) is 28.8. The third kappa shape index (κ3) is 5.48. The maximum atomic E-state index is 13.4. The zero-order valence-corrected chi connectivity index (χ0v) is 25.4. The summed E-state index contributed by atoms with van der Waals surface area (Å²) < 4.78 is 28.9. The van der Waals surface area contributed by atoms with E-state index >= 15 is 0 Å². The normalized spacial score (nSPS) is 20.7. The number of hydrogen-bond donors (Lipinski definition) is 2. The summed E-state index contributed by atoms with van der Waals surface area (Å²) in [5.74, 6) is 1.42. The van der Waals surface area contributed by atoms with Crippen LogP contribution in [-0.2, 0) is 0 Å². The predicted octanol–water partition coefficient (Wildman–Crippen LogP) is 6.15. The van der Waals surface area contributed by atoms with Gasteiger partial charge in [-0.1, -0.05) is 35.9 Å². The molecule has 2 aliphatic rings. The minimum Gasteiger partial charge on any atom is -0.493 e. The molecule has 10 heteroatoms. The van der Waals surface area contributed by atoms with Crippen molar-refractivity contribution in [1.82, 2.24) is 10.6 Å². The van der Waals surface area contributed by atoms with E-state index in [1.165, 1.54) is 21.3 Å². The third-order valence-corrected chi connectivity index (χ3v) is 8.05. The number of hydrogen-bond acceptors (Lipinski definition) is 7. The molecule has 3 aromatic rings. The number of halogens is 1. The molecule has 0 unspecified atom stereocenters. The zero-order chi connectivity index (χ0) is 29.5. The highest BCUT2D eigenvalue weighted by Gasteiger charge is 2.49. The zero-order valence-electron chi connectivity index (χ0n) is 23.8. The molecule has 2 aliphatic heterocycles. The first-order chi connectivity index (χ1) is 19.5. The highest BCUT2D eigenvalue weighted by molar-refractivity contribution is 7.80. The van der Waals surface area contributed by atoms with Crippen molar-refractivity contribution < 1.29 is 28.5 Å². The number of rotatable bonds is 6. The van der Waals surface area contributed by atoms with Gasteiger partial charge in [0.1, 0.15) is 11.5 Å². The second kappa shape index (κ2) is 10.9. The summed E-state index contributed by atoms with van der Waals surface area (Å²) in [6.07, 6.45) is 1.24. The number of methoxy groups -OCH3 is 3. The first-order valence-electron chi connectivity index (χ1n) is 13.2. The summed E-state index contributed by atoms with van der Waals surface area (Å²) in [7, 11) is 4.48. The van der Waals surface area contributed by atoms with E-state index in [1.807, 2.05) is 37.3 Å². The van der Waals surface area contributed by atoms with Gasteiger partial charge in [-0.3, -0.25) is 0 Å². The molecule has 0 saturated carbocycles. The van der Waals surface area contributed by atoms with Gasteiger partial charge in [0.2, 0.25) is 5.75 Å². The molecular formula is C31H33ClN2O6S. The molecule has 8 nitrogen and oxygen atoms in total. The molecule has 2 N–H and O–H groups in total. The van der Waals surface area contributed by atoms with Crippen LogP contribution in [0.3, 0.4) is 0 Å². The second-order valence-corrected chi connectivity index (χ2v) is 11.7. The number of benzene rings is 3. The summed E-state index contributed by atoms with van der Waals surface area (Å²) in [4.78, 5) is 13.4. The highest BCUT2D eigenvalue weighted by Crippen LogP contribution is 2.51. The van der Waals surface area contributed by atoms with Crippen molar-refractivity contribution in [3.05, 3.63) is 75.8 Å². The number of carbonyl (C=O) groups is 1. The monoisotopic (exact) mass is 596 g/mol. The van der Waals surface area contributed by atoms with Gasteiger partial charge < -0.3 is 34.3 Å². The van der Waals surface area contributed by atoms with E-state index in [0.29, 0.717) is 57.3 Å². The Labute approximate surface area is 250 Å². The van der Waals surface area contributed by atoms with Gasteiger partial charge in [-0.2, -0.15) is 0 Å². The lowest BCUT2D eigenvalue weighted by molar-refractivity contribution is -0.0134. The molecule has 41 heavy (non-hydrogen) atoms. The van der Waals surface area contributed by atoms with E-state index in [2.05, 4.69) is 24.5 Å². The van der Waals surface area contributed by atoms with Crippen LogP contribution in [0.4, 0.5) is 0 Å². The van der Waals surface area contributed by atoms with Gasteiger partial charge in [-0.05, 0) is 62.8 Å². The molecule has 216 valence electrons. The fourth-order valence-electron chi connectivity index (χ4n) is 5.82. The topological polar surface area (TPSA) is 87.3 Å². The van der Waals surface area contributed by atoms with Gasteiger partial charge in [0, 0.05) is 40.4 Å². The van der Waals surface area contributed by atoms with Crippen molar-refractivity contribution >= 4 is 34.9 Å².